The molecule has 2 heteroatoms. The lowest BCUT2D eigenvalue weighted by Crippen LogP contribution is -2.17. The van der Waals surface area contributed by atoms with E-state index in [9.17, 15) is 4.79 Å². The highest BCUT2D eigenvalue weighted by atomic mass is 16.1. The number of carbonyl (C=O) groups is 1. The van der Waals surface area contributed by atoms with E-state index in [1.165, 1.54) is 22.3 Å². The first-order chi connectivity index (χ1) is 13.6. The van der Waals surface area contributed by atoms with Crippen molar-refractivity contribution in [2.75, 3.05) is 5.32 Å². The number of anilines is 1. The number of allylic oxidation sites excluding steroid dienone is 1. The molecular weight excluding hydrogens is 342 g/mol. The van der Waals surface area contributed by atoms with Crippen LogP contribution in [0.2, 0.25) is 0 Å². The molecule has 0 saturated carbocycles. The molecule has 142 valence electrons. The fourth-order valence-corrected chi connectivity index (χ4v) is 3.29. The quantitative estimate of drug-likeness (QED) is 0.484. The number of hydrogen-bond donors (Lipinski definition) is 1. The highest BCUT2D eigenvalue weighted by Crippen LogP contribution is 2.34. The van der Waals surface area contributed by atoms with Gasteiger partial charge in [-0.05, 0) is 46.4 Å². The molecular formula is C26H27NO. The lowest BCUT2D eigenvalue weighted by Gasteiger charge is -2.17. The fraction of sp³-hybridized carbons (Fsp3) is 0.192. The summed E-state index contributed by atoms with van der Waals surface area (Å²) >= 11 is 0. The van der Waals surface area contributed by atoms with Crippen molar-refractivity contribution in [2.45, 2.75) is 27.2 Å². The van der Waals surface area contributed by atoms with Gasteiger partial charge in [-0.2, -0.15) is 0 Å². The van der Waals surface area contributed by atoms with E-state index in [-0.39, 0.29) is 11.8 Å². The van der Waals surface area contributed by atoms with Crippen LogP contribution in [-0.4, -0.2) is 5.91 Å². The molecule has 1 amide bonds. The fourth-order valence-electron chi connectivity index (χ4n) is 3.29. The van der Waals surface area contributed by atoms with Crippen molar-refractivity contribution in [3.63, 3.8) is 0 Å². The first kappa shape index (κ1) is 19.6. The Hall–Kier alpha value is -3.13. The van der Waals surface area contributed by atoms with Gasteiger partial charge >= 0.3 is 0 Å². The van der Waals surface area contributed by atoms with E-state index in [1.54, 1.807) is 0 Å². The smallest absolute Gasteiger partial charge is 0.226 e. The molecule has 3 aromatic carbocycles. The van der Waals surface area contributed by atoms with Crippen molar-refractivity contribution in [3.8, 4) is 0 Å². The lowest BCUT2D eigenvalue weighted by molar-refractivity contribution is -0.118. The first-order valence-electron chi connectivity index (χ1n) is 9.85. The van der Waals surface area contributed by atoms with Crippen molar-refractivity contribution in [2.24, 2.45) is 5.92 Å². The van der Waals surface area contributed by atoms with Crippen molar-refractivity contribution in [1.82, 2.24) is 0 Å². The summed E-state index contributed by atoms with van der Waals surface area (Å²) in [6.07, 6.45) is 0.931. The third kappa shape index (κ3) is 4.58. The number of carbonyl (C=O) groups excluding carboxylic acids is 1. The number of rotatable bonds is 6. The van der Waals surface area contributed by atoms with Crippen LogP contribution in [-0.2, 0) is 4.79 Å². The van der Waals surface area contributed by atoms with Crippen LogP contribution in [0.25, 0.3) is 11.1 Å². The molecule has 0 unspecified atom stereocenters. The van der Waals surface area contributed by atoms with Crippen LogP contribution in [0.4, 0.5) is 5.69 Å². The average molecular weight is 370 g/mol. The van der Waals surface area contributed by atoms with Crippen LogP contribution >= 0.6 is 0 Å². The number of benzene rings is 3. The monoisotopic (exact) mass is 369 g/mol. The maximum absolute atomic E-state index is 12.0. The van der Waals surface area contributed by atoms with Gasteiger partial charge in [0.25, 0.3) is 0 Å². The van der Waals surface area contributed by atoms with E-state index in [2.05, 4.69) is 72.9 Å². The molecule has 2 nitrogen and oxygen atoms in total. The summed E-state index contributed by atoms with van der Waals surface area (Å²) in [7, 11) is 0. The minimum Gasteiger partial charge on any atom is -0.326 e. The third-order valence-corrected chi connectivity index (χ3v) is 4.81. The van der Waals surface area contributed by atoms with Crippen molar-refractivity contribution in [1.29, 1.82) is 0 Å². The molecule has 0 atom stereocenters. The highest BCUT2D eigenvalue weighted by molar-refractivity contribution is 5.99. The van der Waals surface area contributed by atoms with Gasteiger partial charge in [-0.3, -0.25) is 4.79 Å². The molecule has 0 aliphatic carbocycles. The van der Waals surface area contributed by atoms with E-state index >= 15 is 0 Å². The minimum atomic E-state index is -0.0378. The van der Waals surface area contributed by atoms with E-state index < -0.39 is 0 Å². The summed E-state index contributed by atoms with van der Waals surface area (Å²) in [5.41, 5.74) is 6.95. The largest absolute Gasteiger partial charge is 0.326 e. The van der Waals surface area contributed by atoms with Gasteiger partial charge in [-0.15, -0.1) is 0 Å². The molecule has 3 aromatic rings. The minimum absolute atomic E-state index is 0.0325. The summed E-state index contributed by atoms with van der Waals surface area (Å²) in [4.78, 5) is 12.0. The number of hydrogen-bond acceptors (Lipinski definition) is 1. The van der Waals surface area contributed by atoms with Gasteiger partial charge in [-0.1, -0.05) is 93.6 Å². The normalized spacial score (nSPS) is 11.9. The van der Waals surface area contributed by atoms with Crippen LogP contribution in [0, 0.1) is 5.92 Å². The predicted molar refractivity (Wildman–Crippen MR) is 119 cm³/mol. The Morgan fingerprint density at radius 1 is 0.750 bits per heavy atom. The van der Waals surface area contributed by atoms with Gasteiger partial charge < -0.3 is 5.32 Å². The first-order valence-corrected chi connectivity index (χ1v) is 9.85. The van der Waals surface area contributed by atoms with Gasteiger partial charge in [0.05, 0.1) is 0 Å². The SMILES string of the molecule is CC/C(=C(/c1ccccc1)c1ccc(NC(=O)C(C)C)cc1)c1ccccc1. The Bertz CT molecular complexity index is 939. The summed E-state index contributed by atoms with van der Waals surface area (Å²) in [6, 6.07) is 29.2. The van der Waals surface area contributed by atoms with E-state index in [4.69, 9.17) is 0 Å². The molecule has 0 aromatic heterocycles. The van der Waals surface area contributed by atoms with Gasteiger partial charge in [0.2, 0.25) is 5.91 Å². The maximum atomic E-state index is 12.0. The Labute approximate surface area is 167 Å². The van der Waals surface area contributed by atoms with E-state index in [1.807, 2.05) is 38.1 Å². The molecule has 28 heavy (non-hydrogen) atoms. The summed E-state index contributed by atoms with van der Waals surface area (Å²) in [5.74, 6) is -0.00525. The predicted octanol–water partition coefficient (Wildman–Crippen LogP) is 6.65. The molecule has 0 heterocycles. The average Bonchev–Trinajstić information content (AvgIpc) is 2.74. The van der Waals surface area contributed by atoms with E-state index in [0.717, 1.165) is 17.7 Å². The van der Waals surface area contributed by atoms with Crippen LogP contribution in [0.5, 0.6) is 0 Å². The second-order valence-corrected chi connectivity index (χ2v) is 7.16. The molecule has 0 aliphatic rings. The Kier molecular flexibility index (Phi) is 6.44. The van der Waals surface area contributed by atoms with Crippen LogP contribution < -0.4 is 5.32 Å². The maximum Gasteiger partial charge on any atom is 0.226 e. The number of amides is 1. The zero-order valence-corrected chi connectivity index (χ0v) is 16.8. The van der Waals surface area contributed by atoms with Gasteiger partial charge in [0, 0.05) is 11.6 Å². The molecule has 0 radical (unpaired) electrons. The molecule has 3 rings (SSSR count). The summed E-state index contributed by atoms with van der Waals surface area (Å²) in [6.45, 7) is 5.99. The van der Waals surface area contributed by atoms with Crippen LogP contribution in [0.1, 0.15) is 43.9 Å². The van der Waals surface area contributed by atoms with Crippen molar-refractivity contribution in [3.05, 3.63) is 102 Å². The number of nitrogens with one attached hydrogen (secondary N) is 1. The van der Waals surface area contributed by atoms with Crippen molar-refractivity contribution >= 4 is 22.7 Å². The van der Waals surface area contributed by atoms with Crippen molar-refractivity contribution < 1.29 is 4.79 Å². The molecule has 0 bridgehead atoms. The second-order valence-electron chi connectivity index (χ2n) is 7.16. The lowest BCUT2D eigenvalue weighted by atomic mass is 9.88. The van der Waals surface area contributed by atoms with Gasteiger partial charge in [-0.25, -0.2) is 0 Å². The molecule has 0 aliphatic heterocycles. The Morgan fingerprint density at radius 2 is 1.25 bits per heavy atom. The standard InChI is InChI=1S/C26H27NO/c1-4-24(20-11-7-5-8-12-20)25(21-13-9-6-10-14-21)22-15-17-23(18-16-22)27-26(28)19(2)3/h5-19H,4H2,1-3H3,(H,27,28)/b25-24+. The highest BCUT2D eigenvalue weighted by Gasteiger charge is 2.13. The third-order valence-electron chi connectivity index (χ3n) is 4.81. The summed E-state index contributed by atoms with van der Waals surface area (Å²) in [5, 5.41) is 2.97. The zero-order valence-electron chi connectivity index (χ0n) is 16.8. The molecule has 0 fully saturated rings. The Morgan fingerprint density at radius 3 is 1.75 bits per heavy atom. The zero-order chi connectivity index (χ0) is 19.9. The van der Waals surface area contributed by atoms with Gasteiger partial charge in [0.15, 0.2) is 0 Å². The van der Waals surface area contributed by atoms with Gasteiger partial charge in [0.1, 0.15) is 0 Å². The molecule has 0 spiro atoms. The summed E-state index contributed by atoms with van der Waals surface area (Å²) < 4.78 is 0. The second kappa shape index (κ2) is 9.18. The molecule has 1 N–H and O–H groups in total. The molecule has 0 saturated heterocycles. The van der Waals surface area contributed by atoms with E-state index in [0.29, 0.717) is 0 Å². The topological polar surface area (TPSA) is 29.1 Å². The van der Waals surface area contributed by atoms with Crippen LogP contribution in [0.15, 0.2) is 84.9 Å². The van der Waals surface area contributed by atoms with Crippen LogP contribution in [0.3, 0.4) is 0 Å². The Balaban J connectivity index is 2.08.